The standard InChI is InChI=1S/C27H26N2O5/c1-18-13-19(2)15-22(14-18)33-11-12-34-24-10-9-20(17-25(24)32-3)16-23-26(30)28-29(27(23)31)21-7-5-4-6-8-21/h4-10,13-17H,11-12H2,1-3H3,(H,28,30)/b23-16+. The molecule has 3 aromatic rings. The SMILES string of the molecule is COc1cc(/C=C2\C(=O)NN(c3ccccc3)C2=O)ccc1OCCOc1cc(C)cc(C)c1. The van der Waals surface area contributed by atoms with Gasteiger partial charge in [-0.1, -0.05) is 30.3 Å². The van der Waals surface area contributed by atoms with Crippen LogP contribution in [0.15, 0.2) is 72.3 Å². The lowest BCUT2D eigenvalue weighted by Gasteiger charge is -2.14. The van der Waals surface area contributed by atoms with Crippen LogP contribution in [0, 0.1) is 13.8 Å². The summed E-state index contributed by atoms with van der Waals surface area (Å²) in [6.45, 7) is 4.76. The lowest BCUT2D eigenvalue weighted by Crippen LogP contribution is -2.35. The normalized spacial score (nSPS) is 14.3. The zero-order valence-corrected chi connectivity index (χ0v) is 19.3. The molecular formula is C27H26N2O5. The smallest absolute Gasteiger partial charge is 0.282 e. The Morgan fingerprint density at radius 2 is 1.56 bits per heavy atom. The Morgan fingerprint density at radius 1 is 0.853 bits per heavy atom. The van der Waals surface area contributed by atoms with Gasteiger partial charge in [0.1, 0.15) is 24.5 Å². The van der Waals surface area contributed by atoms with Gasteiger partial charge in [-0.05, 0) is 73.0 Å². The first kappa shape index (κ1) is 22.9. The number of nitrogens with one attached hydrogen (secondary N) is 1. The summed E-state index contributed by atoms with van der Waals surface area (Å²) in [5.74, 6) is 0.961. The number of carbonyl (C=O) groups excluding carboxylic acids is 2. The Labute approximate surface area is 198 Å². The number of nitrogens with zero attached hydrogens (tertiary/aromatic N) is 1. The Morgan fingerprint density at radius 3 is 2.26 bits per heavy atom. The number of aryl methyl sites for hydroxylation is 2. The molecule has 1 N–H and O–H groups in total. The summed E-state index contributed by atoms with van der Waals surface area (Å²) in [7, 11) is 1.54. The van der Waals surface area contributed by atoms with Crippen molar-refractivity contribution in [3.8, 4) is 17.2 Å². The Balaban J connectivity index is 1.42. The highest BCUT2D eigenvalue weighted by Gasteiger charge is 2.34. The zero-order chi connectivity index (χ0) is 24.1. The molecule has 0 atom stereocenters. The lowest BCUT2D eigenvalue weighted by atomic mass is 10.1. The third kappa shape index (κ3) is 5.20. The van der Waals surface area contributed by atoms with Crippen LogP contribution in [-0.4, -0.2) is 32.1 Å². The summed E-state index contributed by atoms with van der Waals surface area (Å²) in [6, 6.07) is 20.2. The van der Waals surface area contributed by atoms with E-state index in [1.54, 1.807) is 42.5 Å². The molecule has 0 spiro atoms. The predicted molar refractivity (Wildman–Crippen MR) is 130 cm³/mol. The highest BCUT2D eigenvalue weighted by atomic mass is 16.5. The van der Waals surface area contributed by atoms with E-state index >= 15 is 0 Å². The molecule has 0 bridgehead atoms. The van der Waals surface area contributed by atoms with E-state index in [-0.39, 0.29) is 5.57 Å². The third-order valence-corrected chi connectivity index (χ3v) is 5.21. The molecule has 1 saturated heterocycles. The topological polar surface area (TPSA) is 77.1 Å². The van der Waals surface area contributed by atoms with E-state index in [2.05, 4.69) is 11.5 Å². The van der Waals surface area contributed by atoms with E-state index in [0.29, 0.717) is 36.0 Å². The summed E-state index contributed by atoms with van der Waals surface area (Å²) < 4.78 is 17.1. The molecule has 2 amide bonds. The quantitative estimate of drug-likeness (QED) is 0.311. The molecule has 0 unspecified atom stereocenters. The first-order chi connectivity index (χ1) is 16.4. The summed E-state index contributed by atoms with van der Waals surface area (Å²) >= 11 is 0. The number of rotatable bonds is 8. The summed E-state index contributed by atoms with van der Waals surface area (Å²) in [6.07, 6.45) is 1.54. The molecule has 0 saturated carbocycles. The van der Waals surface area contributed by atoms with E-state index in [0.717, 1.165) is 16.9 Å². The molecule has 1 fully saturated rings. The Kier molecular flexibility index (Phi) is 6.82. The number of hydrogen-bond acceptors (Lipinski definition) is 5. The van der Waals surface area contributed by atoms with E-state index < -0.39 is 11.8 Å². The molecule has 1 heterocycles. The van der Waals surface area contributed by atoms with Crippen LogP contribution >= 0.6 is 0 Å². The van der Waals surface area contributed by atoms with Crippen molar-refractivity contribution in [3.05, 3.63) is 89.0 Å². The molecule has 0 aliphatic carbocycles. The zero-order valence-electron chi connectivity index (χ0n) is 19.3. The molecule has 0 radical (unpaired) electrons. The predicted octanol–water partition coefficient (Wildman–Crippen LogP) is 4.23. The maximum Gasteiger partial charge on any atom is 0.282 e. The second kappa shape index (κ2) is 10.1. The molecule has 34 heavy (non-hydrogen) atoms. The number of anilines is 1. The highest BCUT2D eigenvalue weighted by Crippen LogP contribution is 2.30. The third-order valence-electron chi connectivity index (χ3n) is 5.21. The minimum Gasteiger partial charge on any atom is -0.493 e. The van der Waals surface area contributed by atoms with Crippen LogP contribution in [0.25, 0.3) is 6.08 Å². The minimum absolute atomic E-state index is 0.0430. The van der Waals surface area contributed by atoms with Gasteiger partial charge in [0.2, 0.25) is 0 Å². The van der Waals surface area contributed by atoms with Crippen LogP contribution in [0.4, 0.5) is 5.69 Å². The second-order valence-electron chi connectivity index (χ2n) is 7.91. The monoisotopic (exact) mass is 458 g/mol. The number of methoxy groups -OCH3 is 1. The summed E-state index contributed by atoms with van der Waals surface area (Å²) in [5.41, 5.74) is 6.15. The first-order valence-electron chi connectivity index (χ1n) is 10.9. The Bertz CT molecular complexity index is 1220. The van der Waals surface area contributed by atoms with Crippen LogP contribution in [0.5, 0.6) is 17.2 Å². The largest absolute Gasteiger partial charge is 0.493 e. The molecule has 7 nitrogen and oxygen atoms in total. The molecule has 1 aliphatic rings. The number of carbonyl (C=O) groups is 2. The fraction of sp³-hybridized carbons (Fsp3) is 0.185. The van der Waals surface area contributed by atoms with Gasteiger partial charge in [0.25, 0.3) is 11.8 Å². The second-order valence-corrected chi connectivity index (χ2v) is 7.91. The van der Waals surface area contributed by atoms with Gasteiger partial charge in [0, 0.05) is 0 Å². The van der Waals surface area contributed by atoms with Gasteiger partial charge in [-0.2, -0.15) is 0 Å². The van der Waals surface area contributed by atoms with Crippen LogP contribution in [0.3, 0.4) is 0 Å². The maximum absolute atomic E-state index is 12.8. The van der Waals surface area contributed by atoms with Gasteiger partial charge in [-0.25, -0.2) is 5.01 Å². The van der Waals surface area contributed by atoms with Crippen molar-refractivity contribution in [2.24, 2.45) is 0 Å². The summed E-state index contributed by atoms with van der Waals surface area (Å²) in [5, 5.41) is 1.23. The van der Waals surface area contributed by atoms with Gasteiger partial charge in [0.05, 0.1) is 12.8 Å². The van der Waals surface area contributed by atoms with Gasteiger partial charge < -0.3 is 14.2 Å². The molecule has 7 heteroatoms. The first-order valence-corrected chi connectivity index (χ1v) is 10.9. The van der Waals surface area contributed by atoms with Crippen molar-refractivity contribution < 1.29 is 23.8 Å². The molecule has 0 aromatic heterocycles. The lowest BCUT2D eigenvalue weighted by molar-refractivity contribution is -0.117. The van der Waals surface area contributed by atoms with Gasteiger partial charge in [0.15, 0.2) is 11.5 Å². The average Bonchev–Trinajstić information content (AvgIpc) is 3.10. The van der Waals surface area contributed by atoms with Crippen molar-refractivity contribution in [1.29, 1.82) is 0 Å². The van der Waals surface area contributed by atoms with Crippen molar-refractivity contribution >= 4 is 23.6 Å². The van der Waals surface area contributed by atoms with Gasteiger partial charge >= 0.3 is 0 Å². The van der Waals surface area contributed by atoms with Crippen molar-refractivity contribution in [1.82, 2.24) is 5.43 Å². The van der Waals surface area contributed by atoms with Crippen molar-refractivity contribution in [2.45, 2.75) is 13.8 Å². The number of hydrogen-bond donors (Lipinski definition) is 1. The Hall–Kier alpha value is -4.26. The molecule has 174 valence electrons. The van der Waals surface area contributed by atoms with Gasteiger partial charge in [-0.3, -0.25) is 15.0 Å². The summed E-state index contributed by atoms with van der Waals surface area (Å²) in [4.78, 5) is 25.2. The molecule has 3 aromatic carbocycles. The van der Waals surface area contributed by atoms with E-state index in [1.807, 2.05) is 32.0 Å². The fourth-order valence-electron chi connectivity index (χ4n) is 3.70. The molecule has 4 rings (SSSR count). The number of ether oxygens (including phenoxy) is 3. The van der Waals surface area contributed by atoms with Crippen molar-refractivity contribution in [3.63, 3.8) is 0 Å². The minimum atomic E-state index is -0.461. The van der Waals surface area contributed by atoms with Crippen LogP contribution in [0.1, 0.15) is 16.7 Å². The number of benzene rings is 3. The maximum atomic E-state index is 12.8. The molecule has 1 aliphatic heterocycles. The van der Waals surface area contributed by atoms with Crippen molar-refractivity contribution in [2.75, 3.05) is 25.3 Å². The van der Waals surface area contributed by atoms with Crippen LogP contribution in [-0.2, 0) is 9.59 Å². The highest BCUT2D eigenvalue weighted by molar-refractivity contribution is 6.31. The van der Waals surface area contributed by atoms with E-state index in [9.17, 15) is 9.59 Å². The van der Waals surface area contributed by atoms with E-state index in [4.69, 9.17) is 14.2 Å². The fourth-order valence-corrected chi connectivity index (χ4v) is 3.70. The van der Waals surface area contributed by atoms with Gasteiger partial charge in [-0.15, -0.1) is 0 Å². The number of hydrazine groups is 1. The van der Waals surface area contributed by atoms with E-state index in [1.165, 1.54) is 18.2 Å². The molecular weight excluding hydrogens is 432 g/mol. The van der Waals surface area contributed by atoms with Crippen LogP contribution in [0.2, 0.25) is 0 Å². The number of amides is 2. The number of para-hydroxylation sites is 1. The van der Waals surface area contributed by atoms with Crippen LogP contribution < -0.4 is 24.6 Å². The average molecular weight is 459 g/mol.